The molecule has 1 aliphatic rings. The monoisotopic (exact) mass is 272 g/mol. The Hall–Kier alpha value is -1.55. The van der Waals surface area contributed by atoms with Crippen molar-refractivity contribution in [3.05, 3.63) is 29.7 Å². The molecule has 2 aromatic rings. The lowest BCUT2D eigenvalue weighted by molar-refractivity contribution is 0.427. The first kappa shape index (κ1) is 13.4. The summed E-state index contributed by atoms with van der Waals surface area (Å²) in [6, 6.07) is 2.93. The molecule has 0 bridgehead atoms. The molecule has 2 aromatic heterocycles. The van der Waals surface area contributed by atoms with E-state index >= 15 is 0 Å². The van der Waals surface area contributed by atoms with Gasteiger partial charge < -0.3 is 15.0 Å². The van der Waals surface area contributed by atoms with Gasteiger partial charge in [0.1, 0.15) is 5.65 Å². The highest BCUT2D eigenvalue weighted by Gasteiger charge is 2.19. The smallest absolute Gasteiger partial charge is 0.140 e. The number of anilines is 1. The van der Waals surface area contributed by atoms with Crippen molar-refractivity contribution in [2.75, 3.05) is 11.9 Å². The van der Waals surface area contributed by atoms with Crippen LogP contribution in [0.15, 0.2) is 18.5 Å². The van der Waals surface area contributed by atoms with Crippen molar-refractivity contribution >= 4 is 11.3 Å². The molecule has 1 fully saturated rings. The summed E-state index contributed by atoms with van der Waals surface area (Å²) < 4.78 is 2.12. The molecule has 1 aliphatic carbocycles. The number of nitrogens with zero attached hydrogens (tertiary/aromatic N) is 3. The van der Waals surface area contributed by atoms with E-state index in [2.05, 4.69) is 40.5 Å². The van der Waals surface area contributed by atoms with E-state index in [1.54, 1.807) is 0 Å². The van der Waals surface area contributed by atoms with Gasteiger partial charge in [-0.3, -0.25) is 0 Å². The molecule has 0 amide bonds. The zero-order valence-corrected chi connectivity index (χ0v) is 12.5. The van der Waals surface area contributed by atoms with E-state index in [9.17, 15) is 0 Å². The second-order valence-corrected chi connectivity index (χ2v) is 5.95. The minimum absolute atomic E-state index is 0.495. The van der Waals surface area contributed by atoms with Crippen LogP contribution in [0.25, 0.3) is 5.65 Å². The number of aryl methyl sites for hydroxylation is 1. The standard InChI is InChI=1S/C16H24N4/c1-12-8-15(19(2)14-6-4-3-5-7-14)11-20-10-13(9-17)18-16(12)20/h8,10-11,14H,3-7,9,17H2,1-2H3. The maximum atomic E-state index is 5.69. The number of nitrogens with two attached hydrogens (primary N) is 1. The van der Waals surface area contributed by atoms with Crippen LogP contribution in [0.4, 0.5) is 5.69 Å². The molecular formula is C16H24N4. The fourth-order valence-electron chi connectivity index (χ4n) is 3.27. The largest absolute Gasteiger partial charge is 0.370 e. The van der Waals surface area contributed by atoms with Crippen molar-refractivity contribution in [3.8, 4) is 0 Å². The first-order chi connectivity index (χ1) is 9.69. The molecule has 3 rings (SSSR count). The number of aromatic nitrogens is 2. The maximum Gasteiger partial charge on any atom is 0.140 e. The lowest BCUT2D eigenvalue weighted by Crippen LogP contribution is -2.33. The first-order valence-corrected chi connectivity index (χ1v) is 7.60. The second kappa shape index (κ2) is 5.44. The molecule has 0 aromatic carbocycles. The van der Waals surface area contributed by atoms with Crippen molar-refractivity contribution in [2.24, 2.45) is 5.73 Å². The summed E-state index contributed by atoms with van der Waals surface area (Å²) in [5.41, 5.74) is 10.2. The third-order valence-corrected chi connectivity index (χ3v) is 4.51. The molecule has 0 saturated heterocycles. The normalized spacial score (nSPS) is 16.8. The molecule has 0 atom stereocenters. The van der Waals surface area contributed by atoms with Gasteiger partial charge in [-0.15, -0.1) is 0 Å². The summed E-state index contributed by atoms with van der Waals surface area (Å²) in [7, 11) is 2.22. The molecule has 0 radical (unpaired) electrons. The number of rotatable bonds is 3. The summed E-state index contributed by atoms with van der Waals surface area (Å²) in [5, 5.41) is 0. The van der Waals surface area contributed by atoms with Crippen LogP contribution in [0.2, 0.25) is 0 Å². The molecule has 0 unspecified atom stereocenters. The van der Waals surface area contributed by atoms with E-state index in [0.717, 1.165) is 11.3 Å². The Morgan fingerprint density at radius 1 is 1.30 bits per heavy atom. The quantitative estimate of drug-likeness (QED) is 0.934. The van der Waals surface area contributed by atoms with E-state index in [1.165, 1.54) is 43.4 Å². The number of pyridine rings is 1. The first-order valence-electron chi connectivity index (χ1n) is 7.60. The van der Waals surface area contributed by atoms with Gasteiger partial charge in [0.25, 0.3) is 0 Å². The van der Waals surface area contributed by atoms with E-state index < -0.39 is 0 Å². The molecular weight excluding hydrogens is 248 g/mol. The van der Waals surface area contributed by atoms with Crippen LogP contribution in [-0.2, 0) is 6.54 Å². The number of hydrogen-bond donors (Lipinski definition) is 1. The van der Waals surface area contributed by atoms with E-state index in [1.807, 2.05) is 6.20 Å². The SMILES string of the molecule is Cc1cc(N(C)C2CCCCC2)cn2cc(CN)nc12. The van der Waals surface area contributed by atoms with Gasteiger partial charge in [-0.25, -0.2) is 4.98 Å². The van der Waals surface area contributed by atoms with Crippen LogP contribution in [-0.4, -0.2) is 22.5 Å². The summed E-state index contributed by atoms with van der Waals surface area (Å²) in [4.78, 5) is 7.00. The highest BCUT2D eigenvalue weighted by atomic mass is 15.1. The number of hydrogen-bond acceptors (Lipinski definition) is 3. The van der Waals surface area contributed by atoms with Crippen LogP contribution in [0.5, 0.6) is 0 Å². The van der Waals surface area contributed by atoms with Gasteiger partial charge in [-0.2, -0.15) is 0 Å². The van der Waals surface area contributed by atoms with Gasteiger partial charge in [0.2, 0.25) is 0 Å². The number of imidazole rings is 1. The molecule has 2 N–H and O–H groups in total. The third-order valence-electron chi connectivity index (χ3n) is 4.51. The van der Waals surface area contributed by atoms with Crippen LogP contribution < -0.4 is 10.6 Å². The van der Waals surface area contributed by atoms with Crippen molar-refractivity contribution in [3.63, 3.8) is 0 Å². The molecule has 108 valence electrons. The van der Waals surface area contributed by atoms with E-state index in [4.69, 9.17) is 5.73 Å². The van der Waals surface area contributed by atoms with Crippen LogP contribution >= 0.6 is 0 Å². The Labute approximate surface area is 120 Å². The fourth-order valence-corrected chi connectivity index (χ4v) is 3.27. The molecule has 0 spiro atoms. The predicted molar refractivity (Wildman–Crippen MR) is 83.1 cm³/mol. The minimum atomic E-state index is 0.495. The minimum Gasteiger partial charge on any atom is -0.370 e. The molecule has 4 nitrogen and oxygen atoms in total. The zero-order chi connectivity index (χ0) is 14.1. The Morgan fingerprint density at radius 3 is 2.75 bits per heavy atom. The summed E-state index contributed by atoms with van der Waals surface area (Å²) in [6.45, 7) is 2.62. The van der Waals surface area contributed by atoms with Gasteiger partial charge in [-0.1, -0.05) is 19.3 Å². The average molecular weight is 272 g/mol. The third kappa shape index (κ3) is 2.40. The fraction of sp³-hybridized carbons (Fsp3) is 0.562. The Balaban J connectivity index is 1.94. The summed E-state index contributed by atoms with van der Waals surface area (Å²) in [6.07, 6.45) is 11.0. The lowest BCUT2D eigenvalue weighted by Gasteiger charge is -2.33. The van der Waals surface area contributed by atoms with Gasteiger partial charge in [0.15, 0.2) is 0 Å². The van der Waals surface area contributed by atoms with Crippen molar-refractivity contribution in [1.82, 2.24) is 9.38 Å². The Morgan fingerprint density at radius 2 is 2.05 bits per heavy atom. The van der Waals surface area contributed by atoms with Crippen LogP contribution in [0.1, 0.15) is 43.4 Å². The van der Waals surface area contributed by atoms with Crippen LogP contribution in [0, 0.1) is 6.92 Å². The van der Waals surface area contributed by atoms with Gasteiger partial charge in [0.05, 0.1) is 11.4 Å². The lowest BCUT2D eigenvalue weighted by atomic mass is 9.94. The zero-order valence-electron chi connectivity index (χ0n) is 12.5. The van der Waals surface area contributed by atoms with Gasteiger partial charge in [0, 0.05) is 32.0 Å². The number of fused-ring (bicyclic) bond motifs is 1. The van der Waals surface area contributed by atoms with E-state index in [0.29, 0.717) is 12.6 Å². The molecule has 2 heterocycles. The topological polar surface area (TPSA) is 46.6 Å². The molecule has 1 saturated carbocycles. The van der Waals surface area contributed by atoms with E-state index in [-0.39, 0.29) is 0 Å². The van der Waals surface area contributed by atoms with Gasteiger partial charge in [-0.05, 0) is 31.4 Å². The second-order valence-electron chi connectivity index (χ2n) is 5.95. The van der Waals surface area contributed by atoms with Crippen molar-refractivity contribution in [2.45, 2.75) is 51.6 Å². The van der Waals surface area contributed by atoms with Crippen molar-refractivity contribution < 1.29 is 0 Å². The van der Waals surface area contributed by atoms with Gasteiger partial charge >= 0.3 is 0 Å². The summed E-state index contributed by atoms with van der Waals surface area (Å²) >= 11 is 0. The van der Waals surface area contributed by atoms with Crippen LogP contribution in [0.3, 0.4) is 0 Å². The Bertz CT molecular complexity index is 596. The maximum absolute atomic E-state index is 5.69. The summed E-state index contributed by atoms with van der Waals surface area (Å²) in [5.74, 6) is 0. The predicted octanol–water partition coefficient (Wildman–Crippen LogP) is 2.87. The highest BCUT2D eigenvalue weighted by Crippen LogP contribution is 2.27. The average Bonchev–Trinajstić information content (AvgIpc) is 2.91. The molecule has 20 heavy (non-hydrogen) atoms. The Kier molecular flexibility index (Phi) is 3.66. The highest BCUT2D eigenvalue weighted by molar-refractivity contribution is 5.58. The molecule has 0 aliphatic heterocycles. The van der Waals surface area contributed by atoms with Crippen molar-refractivity contribution in [1.29, 1.82) is 0 Å². The molecule has 4 heteroatoms.